The number of carbonyl (C=O) groups excluding carboxylic acids is 1. The van der Waals surface area contributed by atoms with Crippen LogP contribution in [0, 0.1) is 6.92 Å². The first-order valence-corrected chi connectivity index (χ1v) is 9.34. The first-order valence-electron chi connectivity index (χ1n) is 8.59. The summed E-state index contributed by atoms with van der Waals surface area (Å²) in [7, 11) is 0. The van der Waals surface area contributed by atoms with E-state index >= 15 is 0 Å². The third-order valence-electron chi connectivity index (χ3n) is 3.99. The summed E-state index contributed by atoms with van der Waals surface area (Å²) in [4.78, 5) is 12.2. The van der Waals surface area contributed by atoms with Crippen LogP contribution in [0.2, 0.25) is 10.0 Å². The summed E-state index contributed by atoms with van der Waals surface area (Å²) in [5.41, 5.74) is 5.85. The lowest BCUT2D eigenvalue weighted by atomic mass is 10.2. The molecule has 28 heavy (non-hydrogen) atoms. The normalized spacial score (nSPS) is 10.8. The minimum Gasteiger partial charge on any atom is -0.489 e. The molecule has 0 aliphatic rings. The number of nitrogens with one attached hydrogen (secondary N) is 1. The van der Waals surface area contributed by atoms with E-state index in [9.17, 15) is 4.79 Å². The zero-order valence-corrected chi connectivity index (χ0v) is 16.7. The summed E-state index contributed by atoms with van der Waals surface area (Å²) < 4.78 is 5.74. The minimum atomic E-state index is -0.334. The highest BCUT2D eigenvalue weighted by molar-refractivity contribution is 6.43. The number of benzene rings is 3. The smallest absolute Gasteiger partial charge is 0.271 e. The van der Waals surface area contributed by atoms with E-state index in [1.165, 1.54) is 11.8 Å². The summed E-state index contributed by atoms with van der Waals surface area (Å²) in [5, 5.41) is 4.74. The fourth-order valence-electron chi connectivity index (χ4n) is 2.40. The molecule has 0 aromatic heterocycles. The highest BCUT2D eigenvalue weighted by Gasteiger charge is 2.06. The molecule has 0 aliphatic carbocycles. The van der Waals surface area contributed by atoms with Crippen molar-refractivity contribution in [1.82, 2.24) is 5.43 Å². The van der Waals surface area contributed by atoms with E-state index in [1.54, 1.807) is 42.5 Å². The molecule has 3 aromatic carbocycles. The van der Waals surface area contributed by atoms with E-state index < -0.39 is 0 Å². The maximum atomic E-state index is 12.2. The summed E-state index contributed by atoms with van der Waals surface area (Å²) in [6.45, 7) is 2.51. The Hall–Kier alpha value is -2.82. The quantitative estimate of drug-likeness (QED) is 0.420. The molecule has 0 saturated carbocycles. The summed E-state index contributed by atoms with van der Waals surface area (Å²) in [6, 6.07) is 20.2. The number of ether oxygens (including phenoxy) is 1. The largest absolute Gasteiger partial charge is 0.489 e. The van der Waals surface area contributed by atoms with Gasteiger partial charge in [0.2, 0.25) is 0 Å². The highest BCUT2D eigenvalue weighted by atomic mass is 35.5. The molecule has 0 aliphatic heterocycles. The van der Waals surface area contributed by atoms with Gasteiger partial charge in [-0.15, -0.1) is 0 Å². The van der Waals surface area contributed by atoms with Crippen molar-refractivity contribution in [2.24, 2.45) is 5.10 Å². The van der Waals surface area contributed by atoms with Crippen LogP contribution in [0.25, 0.3) is 0 Å². The topological polar surface area (TPSA) is 50.7 Å². The second-order valence-corrected chi connectivity index (χ2v) is 6.93. The minimum absolute atomic E-state index is 0.334. The predicted molar refractivity (Wildman–Crippen MR) is 113 cm³/mol. The van der Waals surface area contributed by atoms with Gasteiger partial charge in [-0.25, -0.2) is 5.43 Å². The molecule has 0 bridgehead atoms. The molecule has 0 radical (unpaired) electrons. The van der Waals surface area contributed by atoms with Gasteiger partial charge in [0, 0.05) is 11.1 Å². The number of nitrogens with zero attached hydrogens (tertiary/aromatic N) is 1. The van der Waals surface area contributed by atoms with E-state index in [4.69, 9.17) is 27.9 Å². The Bertz CT molecular complexity index is 984. The Kier molecular flexibility index (Phi) is 6.69. The van der Waals surface area contributed by atoms with E-state index in [0.29, 0.717) is 33.5 Å². The van der Waals surface area contributed by atoms with Crippen molar-refractivity contribution < 1.29 is 9.53 Å². The molecule has 1 amide bonds. The van der Waals surface area contributed by atoms with Gasteiger partial charge in [0.25, 0.3) is 5.91 Å². The van der Waals surface area contributed by atoms with Gasteiger partial charge in [-0.2, -0.15) is 5.10 Å². The van der Waals surface area contributed by atoms with Crippen LogP contribution in [-0.4, -0.2) is 12.1 Å². The number of halogens is 2. The van der Waals surface area contributed by atoms with Gasteiger partial charge in [-0.05, 0) is 42.8 Å². The number of aryl methyl sites for hydroxylation is 1. The Morgan fingerprint density at radius 1 is 1.04 bits per heavy atom. The molecule has 6 heteroatoms. The summed E-state index contributed by atoms with van der Waals surface area (Å²) >= 11 is 12.0. The Morgan fingerprint density at radius 2 is 1.75 bits per heavy atom. The summed E-state index contributed by atoms with van der Waals surface area (Å²) in [6.07, 6.45) is 1.45. The molecule has 1 N–H and O–H groups in total. The van der Waals surface area contributed by atoms with Crippen molar-refractivity contribution >= 4 is 35.3 Å². The SMILES string of the molecule is Cc1ccc(COc2ccc(C(=O)N/N=C\c3cccc(Cl)c3Cl)cc2)cc1. The van der Waals surface area contributed by atoms with Crippen LogP contribution in [0.15, 0.2) is 71.8 Å². The monoisotopic (exact) mass is 412 g/mol. The Morgan fingerprint density at radius 3 is 2.46 bits per heavy atom. The molecule has 0 saturated heterocycles. The van der Waals surface area contributed by atoms with Gasteiger partial charge in [0.15, 0.2) is 0 Å². The maximum Gasteiger partial charge on any atom is 0.271 e. The van der Waals surface area contributed by atoms with Crippen LogP contribution in [0.1, 0.15) is 27.0 Å². The van der Waals surface area contributed by atoms with Gasteiger partial charge < -0.3 is 4.74 Å². The number of hydrogen-bond donors (Lipinski definition) is 1. The Labute approximate surface area is 173 Å². The predicted octanol–water partition coefficient (Wildman–Crippen LogP) is 5.64. The number of amides is 1. The fourth-order valence-corrected chi connectivity index (χ4v) is 2.76. The average Bonchev–Trinajstić information content (AvgIpc) is 2.71. The van der Waals surface area contributed by atoms with Crippen molar-refractivity contribution in [3.8, 4) is 5.75 Å². The van der Waals surface area contributed by atoms with Crippen LogP contribution in [0.4, 0.5) is 0 Å². The molecular weight excluding hydrogens is 395 g/mol. The number of carbonyl (C=O) groups is 1. The van der Waals surface area contributed by atoms with Crippen LogP contribution in [-0.2, 0) is 6.61 Å². The highest BCUT2D eigenvalue weighted by Crippen LogP contribution is 2.24. The molecular formula is C22H18Cl2N2O2. The lowest BCUT2D eigenvalue weighted by molar-refractivity contribution is 0.0955. The molecule has 0 fully saturated rings. The maximum absolute atomic E-state index is 12.2. The van der Waals surface area contributed by atoms with E-state index in [1.807, 2.05) is 31.2 Å². The first kappa shape index (κ1) is 19.9. The average molecular weight is 413 g/mol. The fraction of sp³-hybridized carbons (Fsp3) is 0.0909. The molecule has 0 spiro atoms. The molecule has 0 unspecified atom stereocenters. The molecule has 0 heterocycles. The number of rotatable bonds is 6. The van der Waals surface area contributed by atoms with Crippen LogP contribution >= 0.6 is 23.2 Å². The standard InChI is InChI=1S/C22H18Cl2N2O2/c1-15-5-7-16(8-6-15)14-28-19-11-9-17(10-12-19)22(27)26-25-13-18-3-2-4-20(23)21(18)24/h2-13H,14H2,1H3,(H,26,27)/b25-13-. The van der Waals surface area contributed by atoms with Crippen LogP contribution < -0.4 is 10.2 Å². The van der Waals surface area contributed by atoms with Gasteiger partial charge in [-0.1, -0.05) is 65.2 Å². The first-order chi connectivity index (χ1) is 13.5. The second-order valence-electron chi connectivity index (χ2n) is 6.14. The van der Waals surface area contributed by atoms with Gasteiger partial charge in [0.1, 0.15) is 12.4 Å². The van der Waals surface area contributed by atoms with E-state index in [0.717, 1.165) is 5.56 Å². The van der Waals surface area contributed by atoms with E-state index in [-0.39, 0.29) is 5.91 Å². The number of hydrazone groups is 1. The third kappa shape index (κ3) is 5.35. The molecule has 4 nitrogen and oxygen atoms in total. The molecule has 3 rings (SSSR count). The van der Waals surface area contributed by atoms with Gasteiger partial charge in [0.05, 0.1) is 16.3 Å². The van der Waals surface area contributed by atoms with Crippen molar-refractivity contribution in [2.75, 3.05) is 0 Å². The number of hydrogen-bond acceptors (Lipinski definition) is 3. The third-order valence-corrected chi connectivity index (χ3v) is 4.83. The van der Waals surface area contributed by atoms with E-state index in [2.05, 4.69) is 10.5 Å². The van der Waals surface area contributed by atoms with Gasteiger partial charge in [-0.3, -0.25) is 4.79 Å². The van der Waals surface area contributed by atoms with Crippen LogP contribution in [0.3, 0.4) is 0 Å². The Balaban J connectivity index is 1.55. The summed E-state index contributed by atoms with van der Waals surface area (Å²) in [5.74, 6) is 0.353. The lowest BCUT2D eigenvalue weighted by Gasteiger charge is -2.07. The molecule has 3 aromatic rings. The van der Waals surface area contributed by atoms with Crippen molar-refractivity contribution in [1.29, 1.82) is 0 Å². The lowest BCUT2D eigenvalue weighted by Crippen LogP contribution is -2.17. The molecule has 0 atom stereocenters. The van der Waals surface area contributed by atoms with Crippen molar-refractivity contribution in [3.05, 3.63) is 99.0 Å². The van der Waals surface area contributed by atoms with Crippen LogP contribution in [0.5, 0.6) is 5.75 Å². The molecule has 142 valence electrons. The van der Waals surface area contributed by atoms with Crippen molar-refractivity contribution in [3.63, 3.8) is 0 Å². The van der Waals surface area contributed by atoms with Crippen molar-refractivity contribution in [2.45, 2.75) is 13.5 Å². The van der Waals surface area contributed by atoms with Gasteiger partial charge >= 0.3 is 0 Å². The zero-order chi connectivity index (χ0) is 19.9. The zero-order valence-electron chi connectivity index (χ0n) is 15.2. The second kappa shape index (κ2) is 9.40.